The van der Waals surface area contributed by atoms with Gasteiger partial charge in [0.25, 0.3) is 0 Å². The van der Waals surface area contributed by atoms with E-state index in [1.165, 1.54) is 32.2 Å². The number of rotatable bonds is 5. The lowest BCUT2D eigenvalue weighted by Crippen LogP contribution is -2.54. The largest absolute Gasteiger partial charge is 0.444 e. The van der Waals surface area contributed by atoms with Crippen LogP contribution in [0.15, 0.2) is 24.3 Å². The first kappa shape index (κ1) is 18.1. The third-order valence-corrected chi connectivity index (χ3v) is 3.14. The Hall–Kier alpha value is -1.95. The summed E-state index contributed by atoms with van der Waals surface area (Å²) in [5, 5.41) is 2.55. The molecule has 0 saturated heterocycles. The number of hydrogen-bond donors (Lipinski definition) is 1. The molecule has 5 nitrogen and oxygen atoms in total. The number of ether oxygens (including phenoxy) is 2. The summed E-state index contributed by atoms with van der Waals surface area (Å²) in [5.74, 6) is -0.551. The number of carbonyl (C=O) groups is 2. The molecule has 22 heavy (non-hydrogen) atoms. The number of carbonyl (C=O) groups excluding carboxylic acids is 2. The Balaban J connectivity index is 3.21. The maximum atomic E-state index is 14.1. The predicted octanol–water partition coefficient (Wildman–Crippen LogP) is 2.78. The summed E-state index contributed by atoms with van der Waals surface area (Å²) in [6.45, 7) is 6.64. The molecule has 1 aromatic carbocycles. The first-order valence-electron chi connectivity index (χ1n) is 6.88. The molecule has 0 bridgehead atoms. The summed E-state index contributed by atoms with van der Waals surface area (Å²) in [5.41, 5.74) is -1.98. The Kier molecular flexibility index (Phi) is 5.65. The lowest BCUT2D eigenvalue weighted by atomic mass is 9.86. The number of amides is 1. The Labute approximate surface area is 129 Å². The van der Waals surface area contributed by atoms with Crippen molar-refractivity contribution in [3.63, 3.8) is 0 Å². The van der Waals surface area contributed by atoms with Crippen molar-refractivity contribution < 1.29 is 23.5 Å². The fourth-order valence-electron chi connectivity index (χ4n) is 2.12. The molecule has 0 saturated carbocycles. The summed E-state index contributed by atoms with van der Waals surface area (Å²) in [7, 11) is 1.31. The monoisotopic (exact) mass is 311 g/mol. The van der Waals surface area contributed by atoms with Crippen LogP contribution in [0.3, 0.4) is 0 Å². The van der Waals surface area contributed by atoms with Crippen LogP contribution < -0.4 is 5.32 Å². The fraction of sp³-hybridized carbons (Fsp3) is 0.500. The number of nitrogens with one attached hydrogen (secondary N) is 1. The van der Waals surface area contributed by atoms with Crippen LogP contribution in [-0.4, -0.2) is 31.2 Å². The minimum atomic E-state index is -1.40. The summed E-state index contributed by atoms with van der Waals surface area (Å²) < 4.78 is 24.4. The van der Waals surface area contributed by atoms with Crippen LogP contribution >= 0.6 is 0 Å². The third kappa shape index (κ3) is 4.27. The van der Waals surface area contributed by atoms with Crippen LogP contribution in [0.2, 0.25) is 0 Å². The first-order valence-corrected chi connectivity index (χ1v) is 6.88. The van der Waals surface area contributed by atoms with E-state index < -0.39 is 29.2 Å². The zero-order chi connectivity index (χ0) is 17.0. The number of benzene rings is 1. The van der Waals surface area contributed by atoms with E-state index in [0.29, 0.717) is 6.29 Å². The minimum absolute atomic E-state index is 0.139. The molecule has 0 aromatic heterocycles. The Morgan fingerprint density at radius 2 is 1.86 bits per heavy atom. The quantitative estimate of drug-likeness (QED) is 0.849. The third-order valence-electron chi connectivity index (χ3n) is 3.14. The molecule has 1 rings (SSSR count). The molecule has 122 valence electrons. The molecule has 6 heteroatoms. The predicted molar refractivity (Wildman–Crippen MR) is 80.0 cm³/mol. The summed E-state index contributed by atoms with van der Waals surface area (Å²) in [6, 6.07) is 5.88. The summed E-state index contributed by atoms with van der Waals surface area (Å²) in [4.78, 5) is 23.4. The van der Waals surface area contributed by atoms with Crippen molar-refractivity contribution in [1.82, 2.24) is 5.32 Å². The second kappa shape index (κ2) is 6.87. The molecule has 0 radical (unpaired) electrons. The lowest BCUT2D eigenvalue weighted by Gasteiger charge is -2.36. The maximum absolute atomic E-state index is 14.1. The van der Waals surface area contributed by atoms with Gasteiger partial charge < -0.3 is 19.6 Å². The van der Waals surface area contributed by atoms with Crippen LogP contribution in [0.1, 0.15) is 33.3 Å². The maximum Gasteiger partial charge on any atom is 0.408 e. The van der Waals surface area contributed by atoms with Crippen LogP contribution in [0.25, 0.3) is 0 Å². The van der Waals surface area contributed by atoms with Crippen molar-refractivity contribution in [3.8, 4) is 0 Å². The topological polar surface area (TPSA) is 64.6 Å². The molecule has 0 aliphatic heterocycles. The van der Waals surface area contributed by atoms with E-state index in [1.54, 1.807) is 26.8 Å². The van der Waals surface area contributed by atoms with Gasteiger partial charge in [0.05, 0.1) is 0 Å². The van der Waals surface area contributed by atoms with E-state index in [1.807, 2.05) is 0 Å². The van der Waals surface area contributed by atoms with Crippen LogP contribution in [0.5, 0.6) is 0 Å². The highest BCUT2D eigenvalue weighted by molar-refractivity contribution is 5.71. The second-order valence-electron chi connectivity index (χ2n) is 6.10. The number of aldehydes is 1. The normalized spacial score (nSPS) is 15.5. The number of halogens is 1. The van der Waals surface area contributed by atoms with E-state index in [9.17, 15) is 14.0 Å². The molecule has 1 unspecified atom stereocenters. The average molecular weight is 311 g/mol. The van der Waals surface area contributed by atoms with Gasteiger partial charge in [0.2, 0.25) is 0 Å². The Morgan fingerprint density at radius 1 is 1.27 bits per heavy atom. The van der Waals surface area contributed by atoms with Gasteiger partial charge in [-0.3, -0.25) is 0 Å². The van der Waals surface area contributed by atoms with Gasteiger partial charge in [-0.25, -0.2) is 9.18 Å². The molecule has 1 amide bonds. The van der Waals surface area contributed by atoms with E-state index in [0.717, 1.165) is 0 Å². The molecule has 0 fully saturated rings. The van der Waals surface area contributed by atoms with E-state index in [2.05, 4.69) is 5.32 Å². The standard InChI is InChI=1S/C16H22FNO4/c1-15(2,3)22-14(20)18-16(4,13(10-19)21-5)11-8-6-7-9-12(11)17/h6-10,13H,1-5H3,(H,18,20)/t13?,16-/m1/s1. The average Bonchev–Trinajstić information content (AvgIpc) is 2.37. The van der Waals surface area contributed by atoms with Crippen LogP contribution in [0.4, 0.5) is 9.18 Å². The Morgan fingerprint density at radius 3 is 2.32 bits per heavy atom. The highest BCUT2D eigenvalue weighted by Gasteiger charge is 2.40. The van der Waals surface area contributed by atoms with E-state index >= 15 is 0 Å². The molecule has 0 aliphatic rings. The molecule has 0 spiro atoms. The highest BCUT2D eigenvalue weighted by atomic mass is 19.1. The van der Waals surface area contributed by atoms with E-state index in [-0.39, 0.29) is 5.56 Å². The summed E-state index contributed by atoms with van der Waals surface area (Å²) >= 11 is 0. The van der Waals surface area contributed by atoms with Crippen LogP contribution in [-0.2, 0) is 19.8 Å². The van der Waals surface area contributed by atoms with Crippen LogP contribution in [0, 0.1) is 5.82 Å². The molecule has 1 N–H and O–H groups in total. The smallest absolute Gasteiger partial charge is 0.408 e. The first-order chi connectivity index (χ1) is 10.1. The van der Waals surface area contributed by atoms with Crippen molar-refractivity contribution in [2.45, 2.75) is 44.9 Å². The molecular weight excluding hydrogens is 289 g/mol. The van der Waals surface area contributed by atoms with Gasteiger partial charge in [0.15, 0.2) is 6.29 Å². The van der Waals surface area contributed by atoms with Gasteiger partial charge in [0, 0.05) is 12.7 Å². The fourth-order valence-corrected chi connectivity index (χ4v) is 2.12. The van der Waals surface area contributed by atoms with Crippen molar-refractivity contribution in [2.24, 2.45) is 0 Å². The minimum Gasteiger partial charge on any atom is -0.444 e. The van der Waals surface area contributed by atoms with Gasteiger partial charge in [0.1, 0.15) is 23.1 Å². The zero-order valence-electron chi connectivity index (χ0n) is 13.5. The number of alkyl carbamates (subject to hydrolysis) is 1. The van der Waals surface area contributed by atoms with Gasteiger partial charge in [-0.05, 0) is 33.8 Å². The van der Waals surface area contributed by atoms with Gasteiger partial charge in [-0.15, -0.1) is 0 Å². The Bertz CT molecular complexity index is 541. The molecular formula is C16H22FNO4. The highest BCUT2D eigenvalue weighted by Crippen LogP contribution is 2.28. The number of hydrogen-bond acceptors (Lipinski definition) is 4. The van der Waals surface area contributed by atoms with Crippen molar-refractivity contribution in [3.05, 3.63) is 35.6 Å². The summed E-state index contributed by atoms with van der Waals surface area (Å²) in [6.07, 6.45) is -1.32. The lowest BCUT2D eigenvalue weighted by molar-refractivity contribution is -0.121. The van der Waals surface area contributed by atoms with Gasteiger partial charge >= 0.3 is 6.09 Å². The van der Waals surface area contributed by atoms with Crippen molar-refractivity contribution in [1.29, 1.82) is 0 Å². The molecule has 0 heterocycles. The molecule has 2 atom stereocenters. The number of methoxy groups -OCH3 is 1. The van der Waals surface area contributed by atoms with E-state index in [4.69, 9.17) is 9.47 Å². The second-order valence-corrected chi connectivity index (χ2v) is 6.10. The van der Waals surface area contributed by atoms with Gasteiger partial charge in [-0.1, -0.05) is 18.2 Å². The van der Waals surface area contributed by atoms with Crippen molar-refractivity contribution >= 4 is 12.4 Å². The van der Waals surface area contributed by atoms with Gasteiger partial charge in [-0.2, -0.15) is 0 Å². The molecule has 1 aromatic rings. The molecule has 0 aliphatic carbocycles. The SMILES string of the molecule is COC(C=O)[C@](C)(NC(=O)OC(C)(C)C)c1ccccc1F. The van der Waals surface area contributed by atoms with Crippen molar-refractivity contribution in [2.75, 3.05) is 7.11 Å². The zero-order valence-corrected chi connectivity index (χ0v) is 13.5.